The van der Waals surface area contributed by atoms with Crippen LogP contribution >= 0.6 is 11.8 Å². The van der Waals surface area contributed by atoms with Crippen molar-refractivity contribution in [3.63, 3.8) is 0 Å². The number of amides is 1. The van der Waals surface area contributed by atoms with Gasteiger partial charge in [0.2, 0.25) is 0 Å². The molecule has 5 heteroatoms. The molecule has 2 aromatic carbocycles. The van der Waals surface area contributed by atoms with Crippen LogP contribution in [0.1, 0.15) is 54.2 Å². The number of amidine groups is 1. The van der Waals surface area contributed by atoms with Crippen LogP contribution in [0.15, 0.2) is 76.6 Å². The van der Waals surface area contributed by atoms with Crippen molar-refractivity contribution < 1.29 is 4.79 Å². The maximum absolute atomic E-state index is 13.5. The number of hydrogen-bond acceptors (Lipinski definition) is 3. The molecule has 1 aromatic heterocycles. The molecule has 0 unspecified atom stereocenters. The van der Waals surface area contributed by atoms with E-state index in [0.29, 0.717) is 12.6 Å². The molecule has 1 aliphatic heterocycles. The summed E-state index contributed by atoms with van der Waals surface area (Å²) in [5.41, 5.74) is 5.61. The minimum Gasteiger partial charge on any atom is -0.346 e. The number of para-hydroxylation sites is 1. The first-order chi connectivity index (χ1) is 16.1. The normalized spacial score (nSPS) is 19.3. The first-order valence-electron chi connectivity index (χ1n) is 11.7. The third kappa shape index (κ3) is 4.55. The fourth-order valence-electron chi connectivity index (χ4n) is 4.92. The second-order valence-corrected chi connectivity index (χ2v) is 9.86. The molecule has 2 heterocycles. The maximum Gasteiger partial charge on any atom is 0.267 e. The van der Waals surface area contributed by atoms with Crippen LogP contribution in [-0.2, 0) is 11.3 Å². The van der Waals surface area contributed by atoms with Crippen molar-refractivity contribution in [3.05, 3.63) is 94.1 Å². The summed E-state index contributed by atoms with van der Waals surface area (Å²) in [6.07, 6.45) is 7.17. The Kier molecular flexibility index (Phi) is 6.23. The summed E-state index contributed by atoms with van der Waals surface area (Å²) in [4.78, 5) is 20.9. The number of carbonyl (C=O) groups excluding carboxylic acids is 1. The summed E-state index contributed by atoms with van der Waals surface area (Å²) in [6, 6.07) is 22.8. The molecule has 5 rings (SSSR count). The summed E-state index contributed by atoms with van der Waals surface area (Å²) in [5, 5.41) is 0.728. The highest BCUT2D eigenvalue weighted by molar-refractivity contribution is 8.18. The fourth-order valence-corrected chi connectivity index (χ4v) is 5.91. The molecule has 3 aromatic rings. The molecule has 1 amide bonds. The highest BCUT2D eigenvalue weighted by Crippen LogP contribution is 2.38. The Morgan fingerprint density at radius 2 is 1.67 bits per heavy atom. The predicted molar refractivity (Wildman–Crippen MR) is 138 cm³/mol. The maximum atomic E-state index is 13.5. The molecule has 0 bridgehead atoms. The van der Waals surface area contributed by atoms with Crippen molar-refractivity contribution in [1.82, 2.24) is 9.47 Å². The number of thioether (sulfide) groups is 1. The largest absolute Gasteiger partial charge is 0.346 e. The zero-order valence-corrected chi connectivity index (χ0v) is 20.0. The number of aryl methyl sites for hydroxylation is 1. The monoisotopic (exact) mass is 455 g/mol. The fraction of sp³-hybridized carbons (Fsp3) is 0.286. The second-order valence-electron chi connectivity index (χ2n) is 8.85. The van der Waals surface area contributed by atoms with Crippen LogP contribution in [0.3, 0.4) is 0 Å². The summed E-state index contributed by atoms with van der Waals surface area (Å²) in [5.74, 6) is 0.0178. The summed E-state index contributed by atoms with van der Waals surface area (Å²) in [6.45, 7) is 4.88. The van der Waals surface area contributed by atoms with E-state index in [-0.39, 0.29) is 5.91 Å². The van der Waals surface area contributed by atoms with Gasteiger partial charge in [-0.25, -0.2) is 4.99 Å². The minimum atomic E-state index is 0.0178. The summed E-state index contributed by atoms with van der Waals surface area (Å²) < 4.78 is 2.48. The zero-order chi connectivity index (χ0) is 22.8. The van der Waals surface area contributed by atoms with Gasteiger partial charge in [-0.2, -0.15) is 0 Å². The third-order valence-electron chi connectivity index (χ3n) is 6.55. The van der Waals surface area contributed by atoms with Gasteiger partial charge in [0, 0.05) is 17.4 Å². The molecule has 168 valence electrons. The van der Waals surface area contributed by atoms with Crippen molar-refractivity contribution in [2.75, 3.05) is 0 Å². The Morgan fingerprint density at radius 1 is 1.00 bits per heavy atom. The molecule has 1 saturated carbocycles. The van der Waals surface area contributed by atoms with Gasteiger partial charge in [-0.3, -0.25) is 9.69 Å². The van der Waals surface area contributed by atoms with Gasteiger partial charge in [-0.1, -0.05) is 61.4 Å². The van der Waals surface area contributed by atoms with E-state index in [2.05, 4.69) is 42.7 Å². The van der Waals surface area contributed by atoms with Crippen molar-refractivity contribution in [2.45, 2.75) is 52.1 Å². The molecule has 0 atom stereocenters. The number of hydrogen-bond donors (Lipinski definition) is 0. The Morgan fingerprint density at radius 3 is 2.36 bits per heavy atom. The van der Waals surface area contributed by atoms with Crippen LogP contribution in [-0.4, -0.2) is 20.5 Å². The summed E-state index contributed by atoms with van der Waals surface area (Å²) in [7, 11) is 0. The number of nitrogens with zero attached hydrogens (tertiary/aromatic N) is 3. The first-order valence-corrected chi connectivity index (χ1v) is 12.5. The number of aromatic nitrogens is 1. The number of rotatable bonds is 5. The van der Waals surface area contributed by atoms with Gasteiger partial charge in [-0.15, -0.1) is 0 Å². The van der Waals surface area contributed by atoms with E-state index < -0.39 is 0 Å². The number of aliphatic imine (C=N–C) groups is 1. The molecule has 33 heavy (non-hydrogen) atoms. The van der Waals surface area contributed by atoms with E-state index in [1.54, 1.807) is 4.90 Å². The molecular weight excluding hydrogens is 426 g/mol. The van der Waals surface area contributed by atoms with Crippen molar-refractivity contribution >= 4 is 34.6 Å². The van der Waals surface area contributed by atoms with Crippen molar-refractivity contribution in [1.29, 1.82) is 0 Å². The number of benzene rings is 2. The van der Waals surface area contributed by atoms with E-state index in [9.17, 15) is 4.79 Å². The molecule has 0 radical (unpaired) electrons. The highest BCUT2D eigenvalue weighted by atomic mass is 32.2. The Labute approximate surface area is 200 Å². The third-order valence-corrected chi connectivity index (χ3v) is 7.56. The molecule has 0 spiro atoms. The quantitative estimate of drug-likeness (QED) is 0.388. The van der Waals surface area contributed by atoms with Gasteiger partial charge in [0.05, 0.1) is 17.1 Å². The standard InChI is InChI=1S/C28H29N3OS/c1-20-17-23(21(2)31(20)25-15-9-10-16-25)18-26-27(32)30(19-22-11-5-3-6-12-22)28(33-26)29-24-13-7-4-8-14-24/h3-8,11-14,17-18,25H,9-10,15-16,19H2,1-2H3/b26-18-,29-28?. The number of carbonyl (C=O) groups is 1. The average molecular weight is 456 g/mol. The van der Waals surface area contributed by atoms with Gasteiger partial charge in [0.25, 0.3) is 5.91 Å². The smallest absolute Gasteiger partial charge is 0.267 e. The SMILES string of the molecule is Cc1cc(/C=C2\SC(=Nc3ccccc3)N(Cc3ccccc3)C2=O)c(C)n1C1CCCC1. The average Bonchev–Trinajstić information content (AvgIpc) is 3.51. The van der Waals surface area contributed by atoms with Gasteiger partial charge < -0.3 is 4.57 Å². The van der Waals surface area contributed by atoms with E-state index >= 15 is 0 Å². The van der Waals surface area contributed by atoms with Crippen LogP contribution in [0, 0.1) is 13.8 Å². The lowest BCUT2D eigenvalue weighted by molar-refractivity contribution is -0.122. The molecule has 2 aliphatic rings. The lowest BCUT2D eigenvalue weighted by Crippen LogP contribution is -2.28. The lowest BCUT2D eigenvalue weighted by atomic mass is 10.2. The van der Waals surface area contributed by atoms with Crippen molar-refractivity contribution in [2.24, 2.45) is 4.99 Å². The lowest BCUT2D eigenvalue weighted by Gasteiger charge is -2.17. The molecule has 2 fully saturated rings. The molecule has 1 saturated heterocycles. The summed E-state index contributed by atoms with van der Waals surface area (Å²) >= 11 is 1.47. The topological polar surface area (TPSA) is 37.6 Å². The minimum absolute atomic E-state index is 0.0178. The van der Waals surface area contributed by atoms with E-state index in [4.69, 9.17) is 4.99 Å². The van der Waals surface area contributed by atoms with Gasteiger partial charge in [0.1, 0.15) is 0 Å². The van der Waals surface area contributed by atoms with Crippen LogP contribution in [0.25, 0.3) is 6.08 Å². The predicted octanol–water partition coefficient (Wildman–Crippen LogP) is 7.02. The second kappa shape index (κ2) is 9.44. The van der Waals surface area contributed by atoms with Crippen LogP contribution < -0.4 is 0 Å². The molecule has 4 nitrogen and oxygen atoms in total. The van der Waals surface area contributed by atoms with Gasteiger partial charge in [-0.05, 0) is 73.9 Å². The Bertz CT molecular complexity index is 1200. The van der Waals surface area contributed by atoms with E-state index in [1.807, 2.05) is 48.5 Å². The van der Waals surface area contributed by atoms with E-state index in [1.165, 1.54) is 48.8 Å². The highest BCUT2D eigenvalue weighted by Gasteiger charge is 2.34. The Balaban J connectivity index is 1.50. The van der Waals surface area contributed by atoms with Crippen LogP contribution in [0.5, 0.6) is 0 Å². The zero-order valence-electron chi connectivity index (χ0n) is 19.2. The first kappa shape index (κ1) is 21.8. The van der Waals surface area contributed by atoms with Crippen molar-refractivity contribution in [3.8, 4) is 0 Å². The van der Waals surface area contributed by atoms with E-state index in [0.717, 1.165) is 26.9 Å². The molecule has 1 aliphatic carbocycles. The van der Waals surface area contributed by atoms with Gasteiger partial charge in [0.15, 0.2) is 5.17 Å². The Hall–Kier alpha value is -3.05. The molecule has 0 N–H and O–H groups in total. The molecular formula is C28H29N3OS. The van der Waals surface area contributed by atoms with Crippen LogP contribution in [0.2, 0.25) is 0 Å². The van der Waals surface area contributed by atoms with Gasteiger partial charge >= 0.3 is 0 Å². The van der Waals surface area contributed by atoms with Crippen LogP contribution in [0.4, 0.5) is 5.69 Å².